The zero-order valence-electron chi connectivity index (χ0n) is 8.29. The fourth-order valence-electron chi connectivity index (χ4n) is 1.50. The largest absolute Gasteiger partial charge is 0.328 e. The Morgan fingerprint density at radius 3 is 2.62 bits per heavy atom. The molecule has 0 saturated carbocycles. The molecule has 0 atom stereocenters. The standard InChI is InChI=1S/C11H15NO/c1-8(2)10-5-4-6-11(9(10)3)12-7-13/h4-8H,1-3H3,(H,12,13). The predicted octanol–water partition coefficient (Wildman–Crippen LogP) is 2.69. The van der Waals surface area contributed by atoms with Crippen LogP contribution in [0, 0.1) is 6.92 Å². The molecule has 0 unspecified atom stereocenters. The molecule has 0 aliphatic carbocycles. The van der Waals surface area contributed by atoms with Crippen molar-refractivity contribution < 1.29 is 4.79 Å². The van der Waals surface area contributed by atoms with E-state index in [0.29, 0.717) is 12.3 Å². The summed E-state index contributed by atoms with van der Waals surface area (Å²) in [6.45, 7) is 6.32. The monoisotopic (exact) mass is 177 g/mol. The summed E-state index contributed by atoms with van der Waals surface area (Å²) >= 11 is 0. The Bertz CT molecular complexity index is 305. The van der Waals surface area contributed by atoms with Gasteiger partial charge in [-0.1, -0.05) is 26.0 Å². The van der Waals surface area contributed by atoms with Gasteiger partial charge in [0.05, 0.1) is 0 Å². The Balaban J connectivity index is 3.10. The van der Waals surface area contributed by atoms with Crippen LogP contribution in [0.2, 0.25) is 0 Å². The minimum Gasteiger partial charge on any atom is -0.328 e. The normalized spacial score (nSPS) is 10.2. The van der Waals surface area contributed by atoms with Crippen molar-refractivity contribution in [3.63, 3.8) is 0 Å². The Hall–Kier alpha value is -1.31. The maximum absolute atomic E-state index is 10.3. The molecule has 0 aromatic heterocycles. The Morgan fingerprint density at radius 1 is 1.38 bits per heavy atom. The van der Waals surface area contributed by atoms with E-state index in [1.165, 1.54) is 5.56 Å². The third-order valence-corrected chi connectivity index (χ3v) is 2.21. The summed E-state index contributed by atoms with van der Waals surface area (Å²) in [7, 11) is 0. The molecular weight excluding hydrogens is 162 g/mol. The van der Waals surface area contributed by atoms with Crippen molar-refractivity contribution in [2.75, 3.05) is 5.32 Å². The van der Waals surface area contributed by atoms with Gasteiger partial charge in [0.2, 0.25) is 6.41 Å². The zero-order chi connectivity index (χ0) is 9.84. The Kier molecular flexibility index (Phi) is 3.07. The van der Waals surface area contributed by atoms with E-state index >= 15 is 0 Å². The van der Waals surface area contributed by atoms with Crippen molar-refractivity contribution in [3.8, 4) is 0 Å². The van der Waals surface area contributed by atoms with Gasteiger partial charge in [0.15, 0.2) is 0 Å². The highest BCUT2D eigenvalue weighted by Gasteiger charge is 2.05. The average Bonchev–Trinajstić information content (AvgIpc) is 2.08. The molecule has 0 radical (unpaired) electrons. The summed E-state index contributed by atoms with van der Waals surface area (Å²) in [5, 5.41) is 2.69. The van der Waals surface area contributed by atoms with Gasteiger partial charge in [-0.2, -0.15) is 0 Å². The molecule has 0 aliphatic heterocycles. The van der Waals surface area contributed by atoms with Crippen LogP contribution < -0.4 is 5.32 Å². The van der Waals surface area contributed by atoms with Crippen LogP contribution in [0.15, 0.2) is 18.2 Å². The van der Waals surface area contributed by atoms with E-state index in [1.54, 1.807) is 0 Å². The molecule has 2 heteroatoms. The zero-order valence-corrected chi connectivity index (χ0v) is 8.29. The van der Waals surface area contributed by atoms with Crippen molar-refractivity contribution in [2.45, 2.75) is 26.7 Å². The molecular formula is C11H15NO. The second-order valence-electron chi connectivity index (χ2n) is 3.44. The smallest absolute Gasteiger partial charge is 0.211 e. The number of nitrogens with one attached hydrogen (secondary N) is 1. The summed E-state index contributed by atoms with van der Waals surface area (Å²) in [5.74, 6) is 0.494. The third-order valence-electron chi connectivity index (χ3n) is 2.21. The first-order valence-corrected chi connectivity index (χ1v) is 4.46. The molecule has 0 fully saturated rings. The first kappa shape index (κ1) is 9.78. The van der Waals surface area contributed by atoms with Crippen LogP contribution in [0.3, 0.4) is 0 Å². The van der Waals surface area contributed by atoms with Crippen LogP contribution >= 0.6 is 0 Å². The lowest BCUT2D eigenvalue weighted by Gasteiger charge is -2.12. The number of carbonyl (C=O) groups is 1. The summed E-state index contributed by atoms with van der Waals surface area (Å²) in [6.07, 6.45) is 0.715. The second kappa shape index (κ2) is 4.08. The van der Waals surface area contributed by atoms with E-state index in [-0.39, 0.29) is 0 Å². The van der Waals surface area contributed by atoms with Gasteiger partial charge in [-0.15, -0.1) is 0 Å². The summed E-state index contributed by atoms with van der Waals surface area (Å²) < 4.78 is 0. The minimum atomic E-state index is 0.494. The highest BCUT2D eigenvalue weighted by molar-refractivity contribution is 5.74. The molecule has 0 aliphatic rings. The van der Waals surface area contributed by atoms with Crippen molar-refractivity contribution >= 4 is 12.1 Å². The Morgan fingerprint density at radius 2 is 2.08 bits per heavy atom. The van der Waals surface area contributed by atoms with Crippen LogP contribution in [0.1, 0.15) is 30.9 Å². The Labute approximate surface area is 79.0 Å². The van der Waals surface area contributed by atoms with E-state index in [4.69, 9.17) is 0 Å². The van der Waals surface area contributed by atoms with Crippen molar-refractivity contribution in [3.05, 3.63) is 29.3 Å². The van der Waals surface area contributed by atoms with Gasteiger partial charge < -0.3 is 5.32 Å². The number of hydrogen-bond donors (Lipinski definition) is 1. The molecule has 0 spiro atoms. The molecule has 13 heavy (non-hydrogen) atoms. The molecule has 1 aromatic carbocycles. The summed E-state index contributed by atoms with van der Waals surface area (Å²) in [5.41, 5.74) is 3.35. The van der Waals surface area contributed by atoms with Gasteiger partial charge in [-0.05, 0) is 30.0 Å². The second-order valence-corrected chi connectivity index (χ2v) is 3.44. The van der Waals surface area contributed by atoms with Gasteiger partial charge in [-0.3, -0.25) is 4.79 Å². The van der Waals surface area contributed by atoms with E-state index < -0.39 is 0 Å². The predicted molar refractivity (Wildman–Crippen MR) is 55.0 cm³/mol. The van der Waals surface area contributed by atoms with Crippen LogP contribution in [-0.4, -0.2) is 6.41 Å². The van der Waals surface area contributed by atoms with E-state index in [2.05, 4.69) is 25.2 Å². The molecule has 1 N–H and O–H groups in total. The van der Waals surface area contributed by atoms with Crippen LogP contribution in [0.25, 0.3) is 0 Å². The summed E-state index contributed by atoms with van der Waals surface area (Å²) in [4.78, 5) is 10.3. The van der Waals surface area contributed by atoms with Crippen molar-refractivity contribution in [1.29, 1.82) is 0 Å². The first-order valence-electron chi connectivity index (χ1n) is 4.46. The highest BCUT2D eigenvalue weighted by Crippen LogP contribution is 2.24. The number of hydrogen-bond acceptors (Lipinski definition) is 1. The molecule has 0 heterocycles. The fraction of sp³-hybridized carbons (Fsp3) is 0.364. The van der Waals surface area contributed by atoms with E-state index in [1.807, 2.05) is 19.1 Å². The number of carbonyl (C=O) groups excluding carboxylic acids is 1. The number of rotatable bonds is 3. The van der Waals surface area contributed by atoms with Gasteiger partial charge in [0.25, 0.3) is 0 Å². The first-order chi connectivity index (χ1) is 6.16. The maximum atomic E-state index is 10.3. The van der Waals surface area contributed by atoms with Crippen molar-refractivity contribution in [2.24, 2.45) is 0 Å². The molecule has 0 bridgehead atoms. The van der Waals surface area contributed by atoms with Crippen LogP contribution in [-0.2, 0) is 4.79 Å². The highest BCUT2D eigenvalue weighted by atomic mass is 16.1. The minimum absolute atomic E-state index is 0.494. The van der Waals surface area contributed by atoms with Gasteiger partial charge in [0, 0.05) is 5.69 Å². The van der Waals surface area contributed by atoms with Crippen molar-refractivity contribution in [1.82, 2.24) is 0 Å². The van der Waals surface area contributed by atoms with Gasteiger partial charge >= 0.3 is 0 Å². The molecule has 1 rings (SSSR count). The quantitative estimate of drug-likeness (QED) is 0.706. The molecule has 2 nitrogen and oxygen atoms in total. The molecule has 1 aromatic rings. The lowest BCUT2D eigenvalue weighted by atomic mass is 9.97. The van der Waals surface area contributed by atoms with Crippen LogP contribution in [0.5, 0.6) is 0 Å². The number of benzene rings is 1. The lowest BCUT2D eigenvalue weighted by molar-refractivity contribution is -0.105. The van der Waals surface area contributed by atoms with E-state index in [9.17, 15) is 4.79 Å². The fourth-order valence-corrected chi connectivity index (χ4v) is 1.50. The number of anilines is 1. The molecule has 70 valence electrons. The van der Waals surface area contributed by atoms with Gasteiger partial charge in [-0.25, -0.2) is 0 Å². The molecule has 0 saturated heterocycles. The SMILES string of the molecule is Cc1c(NC=O)cccc1C(C)C. The third kappa shape index (κ3) is 2.08. The summed E-state index contributed by atoms with van der Waals surface area (Å²) in [6, 6.07) is 5.97. The number of amides is 1. The van der Waals surface area contributed by atoms with E-state index in [0.717, 1.165) is 11.3 Å². The average molecular weight is 177 g/mol. The topological polar surface area (TPSA) is 29.1 Å². The van der Waals surface area contributed by atoms with Gasteiger partial charge in [0.1, 0.15) is 0 Å². The maximum Gasteiger partial charge on any atom is 0.211 e. The molecule has 1 amide bonds. The lowest BCUT2D eigenvalue weighted by Crippen LogP contribution is -2.00. The van der Waals surface area contributed by atoms with Crippen LogP contribution in [0.4, 0.5) is 5.69 Å².